The van der Waals surface area contributed by atoms with E-state index in [-0.39, 0.29) is 24.6 Å². The number of esters is 1. The number of sulfonamides is 1. The molecule has 2 aromatic carbocycles. The SMILES string of the molecule is CCCCCCc1ccc(S(=O)(=O)N(CC(=O)OCC)Cc2ccccc2)cc1. The van der Waals surface area contributed by atoms with Crippen LogP contribution >= 0.6 is 0 Å². The Hall–Kier alpha value is -2.18. The first-order chi connectivity index (χ1) is 14.0. The largest absolute Gasteiger partial charge is 0.465 e. The molecule has 6 heteroatoms. The Morgan fingerprint density at radius 2 is 1.59 bits per heavy atom. The Kier molecular flexibility index (Phi) is 9.35. The van der Waals surface area contributed by atoms with Crippen molar-refractivity contribution in [3.8, 4) is 0 Å². The van der Waals surface area contributed by atoms with Gasteiger partial charge >= 0.3 is 5.97 Å². The van der Waals surface area contributed by atoms with Crippen LogP contribution in [0.1, 0.15) is 50.7 Å². The highest BCUT2D eigenvalue weighted by atomic mass is 32.2. The molecule has 0 heterocycles. The number of rotatable bonds is 12. The fourth-order valence-electron chi connectivity index (χ4n) is 3.10. The van der Waals surface area contributed by atoms with Crippen molar-refractivity contribution in [1.29, 1.82) is 0 Å². The molecule has 0 radical (unpaired) electrons. The molecule has 5 nitrogen and oxygen atoms in total. The van der Waals surface area contributed by atoms with Crippen molar-refractivity contribution in [2.24, 2.45) is 0 Å². The van der Waals surface area contributed by atoms with Crippen LogP contribution in [0.15, 0.2) is 59.5 Å². The lowest BCUT2D eigenvalue weighted by Gasteiger charge is -2.21. The maximum atomic E-state index is 13.2. The molecule has 0 bridgehead atoms. The number of ether oxygens (including phenoxy) is 1. The molecular weight excluding hydrogens is 386 g/mol. The summed E-state index contributed by atoms with van der Waals surface area (Å²) in [4.78, 5) is 12.2. The first-order valence-electron chi connectivity index (χ1n) is 10.3. The van der Waals surface area contributed by atoms with Crippen molar-refractivity contribution < 1.29 is 17.9 Å². The number of nitrogens with zero attached hydrogens (tertiary/aromatic N) is 1. The van der Waals surface area contributed by atoms with E-state index in [1.165, 1.54) is 23.6 Å². The van der Waals surface area contributed by atoms with Gasteiger partial charge in [0.25, 0.3) is 0 Å². The van der Waals surface area contributed by atoms with Gasteiger partial charge in [0.2, 0.25) is 10.0 Å². The monoisotopic (exact) mass is 417 g/mol. The number of carbonyl (C=O) groups is 1. The maximum Gasteiger partial charge on any atom is 0.321 e. The average Bonchev–Trinajstić information content (AvgIpc) is 2.72. The summed E-state index contributed by atoms with van der Waals surface area (Å²) >= 11 is 0. The van der Waals surface area contributed by atoms with Gasteiger partial charge in [-0.15, -0.1) is 0 Å². The van der Waals surface area contributed by atoms with E-state index >= 15 is 0 Å². The van der Waals surface area contributed by atoms with Gasteiger partial charge in [-0.25, -0.2) is 8.42 Å². The summed E-state index contributed by atoms with van der Waals surface area (Å²) in [5, 5.41) is 0. The minimum absolute atomic E-state index is 0.112. The maximum absolute atomic E-state index is 13.2. The third kappa shape index (κ3) is 7.29. The molecule has 0 amide bonds. The predicted octanol–water partition coefficient (Wildman–Crippen LogP) is 4.56. The lowest BCUT2D eigenvalue weighted by Crippen LogP contribution is -2.36. The van der Waals surface area contributed by atoms with Crippen molar-refractivity contribution in [3.05, 3.63) is 65.7 Å². The van der Waals surface area contributed by atoms with Gasteiger partial charge < -0.3 is 4.74 Å². The fraction of sp³-hybridized carbons (Fsp3) is 0.435. The molecule has 158 valence electrons. The lowest BCUT2D eigenvalue weighted by atomic mass is 10.1. The molecule has 0 saturated carbocycles. The fourth-order valence-corrected chi connectivity index (χ4v) is 4.47. The second-order valence-corrected chi connectivity index (χ2v) is 8.96. The van der Waals surface area contributed by atoms with E-state index in [9.17, 15) is 13.2 Å². The normalized spacial score (nSPS) is 11.6. The number of carbonyl (C=O) groups excluding carboxylic acids is 1. The van der Waals surface area contributed by atoms with Crippen molar-refractivity contribution in [3.63, 3.8) is 0 Å². The van der Waals surface area contributed by atoms with E-state index in [1.54, 1.807) is 19.1 Å². The summed E-state index contributed by atoms with van der Waals surface area (Å²) in [6.07, 6.45) is 5.63. The minimum atomic E-state index is -3.83. The zero-order valence-corrected chi connectivity index (χ0v) is 18.2. The highest BCUT2D eigenvalue weighted by Gasteiger charge is 2.27. The van der Waals surface area contributed by atoms with E-state index in [4.69, 9.17) is 4.74 Å². The molecule has 0 aromatic heterocycles. The predicted molar refractivity (Wildman–Crippen MR) is 115 cm³/mol. The van der Waals surface area contributed by atoms with Crippen molar-refractivity contribution in [2.45, 2.75) is 57.4 Å². The zero-order chi connectivity index (χ0) is 21.1. The van der Waals surface area contributed by atoms with Gasteiger partial charge in [-0.05, 0) is 43.0 Å². The summed E-state index contributed by atoms with van der Waals surface area (Å²) in [6, 6.07) is 16.2. The van der Waals surface area contributed by atoms with Crippen LogP contribution in [0.2, 0.25) is 0 Å². The van der Waals surface area contributed by atoms with E-state index in [0.29, 0.717) is 0 Å². The zero-order valence-electron chi connectivity index (χ0n) is 17.3. The molecule has 2 rings (SSSR count). The molecule has 0 fully saturated rings. The van der Waals surface area contributed by atoms with Crippen LogP contribution in [0.3, 0.4) is 0 Å². The van der Waals surface area contributed by atoms with Crippen molar-refractivity contribution in [2.75, 3.05) is 13.2 Å². The van der Waals surface area contributed by atoms with E-state index in [0.717, 1.165) is 24.0 Å². The summed E-state index contributed by atoms with van der Waals surface area (Å²) in [5.41, 5.74) is 1.94. The van der Waals surface area contributed by atoms with E-state index < -0.39 is 16.0 Å². The van der Waals surface area contributed by atoms with E-state index in [1.807, 2.05) is 42.5 Å². The number of hydrogen-bond acceptors (Lipinski definition) is 4. The molecule has 0 atom stereocenters. The molecule has 0 aliphatic heterocycles. The highest BCUT2D eigenvalue weighted by molar-refractivity contribution is 7.89. The molecule has 29 heavy (non-hydrogen) atoms. The number of hydrogen-bond donors (Lipinski definition) is 0. The van der Waals surface area contributed by atoms with Crippen LogP contribution in [0.4, 0.5) is 0 Å². The molecule has 0 unspecified atom stereocenters. The number of benzene rings is 2. The Labute approximate surface area is 174 Å². The molecule has 0 saturated heterocycles. The van der Waals surface area contributed by atoms with Crippen molar-refractivity contribution in [1.82, 2.24) is 4.31 Å². The van der Waals surface area contributed by atoms with E-state index in [2.05, 4.69) is 6.92 Å². The summed E-state index contributed by atoms with van der Waals surface area (Å²) in [5.74, 6) is -0.556. The standard InChI is InChI=1S/C23H31NO4S/c1-3-5-6-8-11-20-14-16-22(17-15-20)29(26,27)24(19-23(25)28-4-2)18-21-12-9-7-10-13-21/h7,9-10,12-17H,3-6,8,11,18-19H2,1-2H3. The van der Waals surface area contributed by atoms with Crippen LogP contribution in [-0.2, 0) is 32.5 Å². The van der Waals surface area contributed by atoms with Gasteiger partial charge in [-0.3, -0.25) is 4.79 Å². The third-order valence-electron chi connectivity index (χ3n) is 4.69. The van der Waals surface area contributed by atoms with Crippen LogP contribution in [0.25, 0.3) is 0 Å². The number of unbranched alkanes of at least 4 members (excludes halogenated alkanes) is 3. The van der Waals surface area contributed by atoms with Crippen LogP contribution in [0.5, 0.6) is 0 Å². The van der Waals surface area contributed by atoms with Crippen LogP contribution in [-0.4, -0.2) is 31.8 Å². The van der Waals surface area contributed by atoms with Gasteiger partial charge in [-0.2, -0.15) is 4.31 Å². The Balaban J connectivity index is 2.17. The minimum Gasteiger partial charge on any atom is -0.465 e. The molecule has 0 aliphatic carbocycles. The Morgan fingerprint density at radius 1 is 0.897 bits per heavy atom. The highest BCUT2D eigenvalue weighted by Crippen LogP contribution is 2.20. The van der Waals surface area contributed by atoms with Crippen LogP contribution in [0, 0.1) is 0 Å². The molecule has 0 spiro atoms. The van der Waals surface area contributed by atoms with Crippen LogP contribution < -0.4 is 0 Å². The smallest absolute Gasteiger partial charge is 0.321 e. The quantitative estimate of drug-likeness (QED) is 0.375. The number of aryl methyl sites for hydroxylation is 1. The summed E-state index contributed by atoms with van der Waals surface area (Å²) in [7, 11) is -3.83. The second-order valence-electron chi connectivity index (χ2n) is 7.02. The Bertz CT molecular complexity index is 848. The van der Waals surface area contributed by atoms with Crippen molar-refractivity contribution >= 4 is 16.0 Å². The Morgan fingerprint density at radius 3 is 2.21 bits per heavy atom. The first kappa shape index (κ1) is 23.1. The summed E-state index contributed by atoms with van der Waals surface area (Å²) < 4.78 is 32.6. The molecule has 2 aromatic rings. The van der Waals surface area contributed by atoms with Gasteiger partial charge in [-0.1, -0.05) is 68.7 Å². The topological polar surface area (TPSA) is 63.7 Å². The second kappa shape index (κ2) is 11.7. The molecule has 0 N–H and O–H groups in total. The summed E-state index contributed by atoms with van der Waals surface area (Å²) in [6.45, 7) is 3.89. The van der Waals surface area contributed by atoms with Gasteiger partial charge in [0.05, 0.1) is 11.5 Å². The lowest BCUT2D eigenvalue weighted by molar-refractivity contribution is -0.143. The molecular formula is C23H31NO4S. The first-order valence-corrected chi connectivity index (χ1v) is 11.7. The van der Waals surface area contributed by atoms with Gasteiger partial charge in [0.15, 0.2) is 0 Å². The van der Waals surface area contributed by atoms with Gasteiger partial charge in [0.1, 0.15) is 6.54 Å². The third-order valence-corrected chi connectivity index (χ3v) is 6.50. The molecule has 0 aliphatic rings. The average molecular weight is 418 g/mol. The van der Waals surface area contributed by atoms with Gasteiger partial charge in [0, 0.05) is 6.54 Å².